The molecule has 6 heteroatoms. The van der Waals surface area contributed by atoms with Gasteiger partial charge in [0.15, 0.2) is 5.69 Å². The van der Waals surface area contributed by atoms with E-state index < -0.39 is 11.9 Å². The number of thiol groups is 1. The summed E-state index contributed by atoms with van der Waals surface area (Å²) < 4.78 is 37.7. The minimum absolute atomic E-state index is 0.0171. The van der Waals surface area contributed by atoms with Crippen LogP contribution < -0.4 is 5.73 Å². The fourth-order valence-electron chi connectivity index (χ4n) is 1.13. The van der Waals surface area contributed by atoms with Crippen molar-refractivity contribution >= 4 is 24.5 Å². The summed E-state index contributed by atoms with van der Waals surface area (Å²) in [5.41, 5.74) is 4.29. The number of hydrogen-bond acceptors (Lipinski definition) is 3. The number of allylic oxidation sites excluding steroid dienone is 1. The molecule has 0 radical (unpaired) electrons. The average molecular weight is 248 g/mol. The lowest BCUT2D eigenvalue weighted by Gasteiger charge is -2.09. The first-order chi connectivity index (χ1) is 7.45. The lowest BCUT2D eigenvalue weighted by molar-refractivity contribution is -0.141. The molecular formula is C10H11F3N2S. The molecular weight excluding hydrogens is 237 g/mol. The molecule has 1 aromatic rings. The van der Waals surface area contributed by atoms with Gasteiger partial charge in [0.1, 0.15) is 5.82 Å². The van der Waals surface area contributed by atoms with Crippen LogP contribution in [-0.2, 0) is 6.18 Å². The number of rotatable bonds is 3. The van der Waals surface area contributed by atoms with E-state index in [2.05, 4.69) is 17.6 Å². The first-order valence-corrected chi connectivity index (χ1v) is 5.19. The molecule has 0 amide bonds. The zero-order chi connectivity index (χ0) is 12.2. The summed E-state index contributed by atoms with van der Waals surface area (Å²) in [6.07, 6.45) is -0.887. The molecule has 0 aromatic carbocycles. The summed E-state index contributed by atoms with van der Waals surface area (Å²) in [4.78, 5) is 3.31. The minimum Gasteiger partial charge on any atom is -0.384 e. The van der Waals surface area contributed by atoms with Gasteiger partial charge in [-0.2, -0.15) is 25.8 Å². The molecule has 0 aliphatic carbocycles. The van der Waals surface area contributed by atoms with Gasteiger partial charge < -0.3 is 5.73 Å². The number of nitrogens with zero attached hydrogens (tertiary/aromatic N) is 1. The zero-order valence-corrected chi connectivity index (χ0v) is 9.22. The first kappa shape index (κ1) is 12.9. The minimum atomic E-state index is -4.49. The Kier molecular flexibility index (Phi) is 4.23. The summed E-state index contributed by atoms with van der Waals surface area (Å²) in [7, 11) is 0. The summed E-state index contributed by atoms with van der Waals surface area (Å²) in [5, 5.41) is 0. The third-order valence-corrected chi connectivity index (χ3v) is 2.07. The summed E-state index contributed by atoms with van der Waals surface area (Å²) >= 11 is 3.96. The molecule has 0 bridgehead atoms. The highest BCUT2D eigenvalue weighted by Gasteiger charge is 2.34. The molecule has 2 N–H and O–H groups in total. The normalized spacial score (nSPS) is 12.2. The molecule has 0 fully saturated rings. The number of nitrogens with two attached hydrogens (primary N) is 1. The maximum Gasteiger partial charge on any atom is 0.434 e. The van der Waals surface area contributed by atoms with Crippen LogP contribution >= 0.6 is 12.6 Å². The van der Waals surface area contributed by atoms with Crippen LogP contribution in [0.25, 0.3) is 6.08 Å². The van der Waals surface area contributed by atoms with Crippen molar-refractivity contribution in [3.05, 3.63) is 29.5 Å². The van der Waals surface area contributed by atoms with Gasteiger partial charge in [-0.1, -0.05) is 12.2 Å². The van der Waals surface area contributed by atoms with Gasteiger partial charge in [0.2, 0.25) is 0 Å². The van der Waals surface area contributed by atoms with E-state index >= 15 is 0 Å². The SMILES string of the molecule is Nc1ccc(C=CCCS)c(C(F)(F)F)n1. The largest absolute Gasteiger partial charge is 0.434 e. The van der Waals surface area contributed by atoms with Crippen LogP contribution in [0.5, 0.6) is 0 Å². The van der Waals surface area contributed by atoms with Crippen LogP contribution in [0.15, 0.2) is 18.2 Å². The topological polar surface area (TPSA) is 38.9 Å². The van der Waals surface area contributed by atoms with Crippen LogP contribution in [0.2, 0.25) is 0 Å². The van der Waals surface area contributed by atoms with Gasteiger partial charge >= 0.3 is 6.18 Å². The second-order valence-electron chi connectivity index (χ2n) is 3.09. The maximum atomic E-state index is 12.6. The van der Waals surface area contributed by atoms with Crippen molar-refractivity contribution in [1.29, 1.82) is 0 Å². The molecule has 16 heavy (non-hydrogen) atoms. The van der Waals surface area contributed by atoms with Gasteiger partial charge in [0, 0.05) is 5.56 Å². The first-order valence-electron chi connectivity index (χ1n) is 4.56. The third-order valence-electron chi connectivity index (χ3n) is 1.81. The number of pyridine rings is 1. The van der Waals surface area contributed by atoms with Crippen molar-refractivity contribution in [2.45, 2.75) is 12.6 Å². The molecule has 1 heterocycles. The monoisotopic (exact) mass is 248 g/mol. The molecule has 1 aromatic heterocycles. The van der Waals surface area contributed by atoms with Gasteiger partial charge in [-0.25, -0.2) is 4.98 Å². The summed E-state index contributed by atoms with van der Waals surface area (Å²) in [6, 6.07) is 2.65. The summed E-state index contributed by atoms with van der Waals surface area (Å²) in [6.45, 7) is 0. The van der Waals surface area contributed by atoms with Crippen LogP contribution in [0, 0.1) is 0 Å². The predicted molar refractivity (Wildman–Crippen MR) is 61.2 cm³/mol. The van der Waals surface area contributed by atoms with E-state index in [4.69, 9.17) is 5.73 Å². The molecule has 0 saturated carbocycles. The Morgan fingerprint density at radius 2 is 2.06 bits per heavy atom. The van der Waals surface area contributed by atoms with Crippen LogP contribution in [0.1, 0.15) is 17.7 Å². The quantitative estimate of drug-likeness (QED) is 0.807. The van der Waals surface area contributed by atoms with E-state index in [1.54, 1.807) is 6.08 Å². The molecule has 2 nitrogen and oxygen atoms in total. The Bertz CT molecular complexity index is 388. The highest BCUT2D eigenvalue weighted by molar-refractivity contribution is 7.80. The van der Waals surface area contributed by atoms with E-state index in [-0.39, 0.29) is 11.4 Å². The Labute approximate surface area is 96.8 Å². The van der Waals surface area contributed by atoms with Gasteiger partial charge in [-0.3, -0.25) is 0 Å². The highest BCUT2D eigenvalue weighted by Crippen LogP contribution is 2.31. The molecule has 0 unspecified atom stereocenters. The van der Waals surface area contributed by atoms with Crippen molar-refractivity contribution in [2.24, 2.45) is 0 Å². The maximum absolute atomic E-state index is 12.6. The van der Waals surface area contributed by atoms with Crippen molar-refractivity contribution in [3.8, 4) is 0 Å². The second-order valence-corrected chi connectivity index (χ2v) is 3.53. The highest BCUT2D eigenvalue weighted by atomic mass is 32.1. The number of aromatic nitrogens is 1. The Morgan fingerprint density at radius 3 is 2.62 bits per heavy atom. The average Bonchev–Trinajstić information content (AvgIpc) is 2.19. The Hall–Kier alpha value is -1.17. The number of nitrogen functional groups attached to an aromatic ring is 1. The van der Waals surface area contributed by atoms with E-state index in [1.807, 2.05) is 0 Å². The fraction of sp³-hybridized carbons (Fsp3) is 0.300. The van der Waals surface area contributed by atoms with Crippen molar-refractivity contribution in [3.63, 3.8) is 0 Å². The lowest BCUT2D eigenvalue weighted by atomic mass is 10.1. The van der Waals surface area contributed by atoms with Gasteiger partial charge in [0.05, 0.1) is 0 Å². The van der Waals surface area contributed by atoms with Crippen molar-refractivity contribution in [2.75, 3.05) is 11.5 Å². The Morgan fingerprint density at radius 1 is 1.38 bits per heavy atom. The van der Waals surface area contributed by atoms with Crippen molar-refractivity contribution < 1.29 is 13.2 Å². The smallest absolute Gasteiger partial charge is 0.384 e. The zero-order valence-electron chi connectivity index (χ0n) is 8.33. The third kappa shape index (κ3) is 3.44. The summed E-state index contributed by atoms with van der Waals surface area (Å²) in [5.74, 6) is 0.443. The van der Waals surface area contributed by atoms with Crippen LogP contribution in [-0.4, -0.2) is 10.7 Å². The molecule has 88 valence electrons. The fourth-order valence-corrected chi connectivity index (χ4v) is 1.28. The van der Waals surface area contributed by atoms with Gasteiger partial charge in [-0.05, 0) is 24.3 Å². The number of halogens is 3. The molecule has 1 rings (SSSR count). The molecule has 0 spiro atoms. The van der Waals surface area contributed by atoms with Gasteiger partial charge in [-0.15, -0.1) is 0 Å². The Balaban J connectivity index is 3.08. The molecule has 0 aliphatic rings. The van der Waals surface area contributed by atoms with E-state index in [0.29, 0.717) is 12.2 Å². The predicted octanol–water partition coefficient (Wildman–Crippen LogP) is 3.02. The van der Waals surface area contributed by atoms with E-state index in [9.17, 15) is 13.2 Å². The molecule has 0 saturated heterocycles. The number of hydrogen-bond donors (Lipinski definition) is 2. The number of alkyl halides is 3. The van der Waals surface area contributed by atoms with Gasteiger partial charge in [0.25, 0.3) is 0 Å². The molecule has 0 atom stereocenters. The van der Waals surface area contributed by atoms with Crippen LogP contribution in [0.4, 0.5) is 19.0 Å². The second kappa shape index (κ2) is 5.25. The molecule has 0 aliphatic heterocycles. The number of anilines is 1. The standard InChI is InChI=1S/C10H11F3N2S/c11-10(12,13)9-7(3-1-2-6-16)4-5-8(14)15-9/h1,3-5,16H,2,6H2,(H2,14,15). The van der Waals surface area contributed by atoms with Crippen LogP contribution in [0.3, 0.4) is 0 Å². The van der Waals surface area contributed by atoms with Crippen molar-refractivity contribution in [1.82, 2.24) is 4.98 Å². The van der Waals surface area contributed by atoms with E-state index in [0.717, 1.165) is 0 Å². The van der Waals surface area contributed by atoms with E-state index in [1.165, 1.54) is 18.2 Å². The lowest BCUT2D eigenvalue weighted by Crippen LogP contribution is -2.11.